The highest BCUT2D eigenvalue weighted by Crippen LogP contribution is 2.29. The number of Topliss-reactive ketones (excluding diaryl/α,β-unsaturated/α-hetero) is 1. The van der Waals surface area contributed by atoms with Crippen LogP contribution in [0.2, 0.25) is 0 Å². The Balaban J connectivity index is 1.71. The summed E-state index contributed by atoms with van der Waals surface area (Å²) < 4.78 is 5.62. The van der Waals surface area contributed by atoms with Gasteiger partial charge in [-0.15, -0.1) is 21.5 Å². The molecule has 1 fully saturated rings. The van der Waals surface area contributed by atoms with E-state index in [2.05, 4.69) is 20.8 Å². The van der Waals surface area contributed by atoms with Gasteiger partial charge in [0.05, 0.1) is 12.5 Å². The summed E-state index contributed by atoms with van der Waals surface area (Å²) in [4.78, 5) is 42.8. The van der Waals surface area contributed by atoms with Gasteiger partial charge in [0.1, 0.15) is 5.54 Å². The van der Waals surface area contributed by atoms with Gasteiger partial charge in [0.25, 0.3) is 11.1 Å². The first-order chi connectivity index (χ1) is 17.2. The summed E-state index contributed by atoms with van der Waals surface area (Å²) in [7, 11) is 3.96. The third kappa shape index (κ3) is 8.14. The van der Waals surface area contributed by atoms with Crippen molar-refractivity contribution < 1.29 is 18.8 Å². The van der Waals surface area contributed by atoms with Gasteiger partial charge >= 0.3 is 0 Å². The standard InChI is InChI=1S/C25H37N5O4S2/c1-17(2)15-19(21(32)22-28-29-24(34-22)36-14-12-30(3)4)26-23(33)25(10-6-5-7-11-25)27-20(31)16-18-9-8-13-35-18/h8-9,13,17,19H,5-7,10-12,14-16H2,1-4H3,(H,26,33)(H,27,31). The number of amides is 2. The third-order valence-corrected chi connectivity index (χ3v) is 7.82. The lowest BCUT2D eigenvalue weighted by atomic mass is 9.80. The predicted octanol–water partition coefficient (Wildman–Crippen LogP) is 3.56. The molecule has 11 heteroatoms. The van der Waals surface area contributed by atoms with E-state index in [1.54, 1.807) is 0 Å². The van der Waals surface area contributed by atoms with Crippen molar-refractivity contribution in [3.63, 3.8) is 0 Å². The monoisotopic (exact) mass is 535 g/mol. The molecule has 2 amide bonds. The van der Waals surface area contributed by atoms with Crippen molar-refractivity contribution in [2.45, 2.75) is 75.6 Å². The van der Waals surface area contributed by atoms with Crippen LogP contribution in [0.25, 0.3) is 0 Å². The van der Waals surface area contributed by atoms with Crippen LogP contribution in [-0.2, 0) is 16.0 Å². The number of thiophene rings is 1. The molecule has 36 heavy (non-hydrogen) atoms. The van der Waals surface area contributed by atoms with E-state index in [1.165, 1.54) is 23.1 Å². The van der Waals surface area contributed by atoms with E-state index in [4.69, 9.17) is 4.42 Å². The molecule has 1 saturated carbocycles. The molecule has 0 radical (unpaired) electrons. The zero-order valence-electron chi connectivity index (χ0n) is 21.5. The van der Waals surface area contributed by atoms with Gasteiger partial charge in [0, 0.05) is 17.2 Å². The molecule has 1 atom stereocenters. The summed E-state index contributed by atoms with van der Waals surface area (Å²) >= 11 is 2.90. The van der Waals surface area contributed by atoms with Crippen LogP contribution in [0.15, 0.2) is 27.2 Å². The lowest BCUT2D eigenvalue weighted by Gasteiger charge is -2.37. The summed E-state index contributed by atoms with van der Waals surface area (Å²) in [5.41, 5.74) is -1.02. The molecule has 198 valence electrons. The summed E-state index contributed by atoms with van der Waals surface area (Å²) in [6.07, 6.45) is 4.45. The Labute approximate surface area is 221 Å². The smallest absolute Gasteiger partial charge is 0.286 e. The molecule has 0 saturated heterocycles. The summed E-state index contributed by atoms with van der Waals surface area (Å²) in [6, 6.07) is 3.00. The molecule has 2 aromatic rings. The summed E-state index contributed by atoms with van der Waals surface area (Å²) in [5, 5.41) is 16.2. The molecule has 1 aliphatic carbocycles. The predicted molar refractivity (Wildman–Crippen MR) is 141 cm³/mol. The number of nitrogens with zero attached hydrogens (tertiary/aromatic N) is 3. The average Bonchev–Trinajstić information content (AvgIpc) is 3.50. The fourth-order valence-corrected chi connectivity index (χ4v) is 5.85. The first-order valence-corrected chi connectivity index (χ1v) is 14.3. The second-order valence-electron chi connectivity index (χ2n) is 9.99. The second kappa shape index (κ2) is 13.3. The molecular formula is C25H37N5O4S2. The van der Waals surface area contributed by atoms with E-state index in [0.717, 1.165) is 36.4 Å². The van der Waals surface area contributed by atoms with Gasteiger partial charge in [-0.05, 0) is 50.7 Å². The first kappa shape index (κ1) is 28.3. The van der Waals surface area contributed by atoms with Gasteiger partial charge in [0.2, 0.25) is 17.6 Å². The van der Waals surface area contributed by atoms with Crippen molar-refractivity contribution in [3.8, 4) is 0 Å². The van der Waals surface area contributed by atoms with E-state index >= 15 is 0 Å². The molecule has 0 bridgehead atoms. The van der Waals surface area contributed by atoms with Crippen LogP contribution in [0.3, 0.4) is 0 Å². The minimum Gasteiger partial charge on any atom is -0.408 e. The van der Waals surface area contributed by atoms with Crippen molar-refractivity contribution in [1.82, 2.24) is 25.7 Å². The number of ketones is 1. The molecule has 1 unspecified atom stereocenters. The number of nitrogens with one attached hydrogen (secondary N) is 2. The average molecular weight is 536 g/mol. The summed E-state index contributed by atoms with van der Waals surface area (Å²) in [5.74, 6) is -0.110. The van der Waals surface area contributed by atoms with Gasteiger partial charge in [-0.1, -0.05) is 50.9 Å². The molecule has 2 N–H and O–H groups in total. The SMILES string of the molecule is CC(C)CC(NC(=O)C1(NC(=O)Cc2cccs2)CCCCC1)C(=O)c1nnc(SCCN(C)C)o1. The fourth-order valence-electron chi connectivity index (χ4n) is 4.28. The number of aromatic nitrogens is 2. The topological polar surface area (TPSA) is 117 Å². The van der Waals surface area contributed by atoms with Crippen LogP contribution in [0.5, 0.6) is 0 Å². The van der Waals surface area contributed by atoms with Gasteiger partial charge in [-0.2, -0.15) is 0 Å². The first-order valence-electron chi connectivity index (χ1n) is 12.5. The number of carbonyl (C=O) groups is 3. The number of hydrogen-bond acceptors (Lipinski definition) is 9. The Morgan fingerprint density at radius 2 is 1.94 bits per heavy atom. The highest BCUT2D eigenvalue weighted by Gasteiger charge is 2.42. The normalized spacial score (nSPS) is 16.2. The molecule has 2 aromatic heterocycles. The quantitative estimate of drug-likeness (QED) is 0.295. The second-order valence-corrected chi connectivity index (χ2v) is 12.1. The van der Waals surface area contributed by atoms with E-state index < -0.39 is 17.4 Å². The lowest BCUT2D eigenvalue weighted by Crippen LogP contribution is -2.62. The summed E-state index contributed by atoms with van der Waals surface area (Å²) in [6.45, 7) is 4.81. The third-order valence-electron chi connectivity index (χ3n) is 6.15. The maximum atomic E-state index is 13.6. The largest absolute Gasteiger partial charge is 0.408 e. The number of thioether (sulfide) groups is 1. The van der Waals surface area contributed by atoms with Crippen molar-refractivity contribution in [1.29, 1.82) is 0 Å². The van der Waals surface area contributed by atoms with Crippen molar-refractivity contribution in [2.75, 3.05) is 26.4 Å². The Morgan fingerprint density at radius 1 is 1.19 bits per heavy atom. The molecule has 0 aromatic carbocycles. The highest BCUT2D eigenvalue weighted by molar-refractivity contribution is 7.99. The van der Waals surface area contributed by atoms with E-state index in [1.807, 2.05) is 50.4 Å². The van der Waals surface area contributed by atoms with Gasteiger partial charge < -0.3 is 20.0 Å². The van der Waals surface area contributed by atoms with Crippen LogP contribution in [-0.4, -0.2) is 70.7 Å². The number of rotatable bonds is 13. The molecule has 9 nitrogen and oxygen atoms in total. The Morgan fingerprint density at radius 3 is 2.58 bits per heavy atom. The minimum absolute atomic E-state index is 0.104. The van der Waals surface area contributed by atoms with Gasteiger partial charge in [-0.3, -0.25) is 14.4 Å². The van der Waals surface area contributed by atoms with Crippen LogP contribution in [0.4, 0.5) is 0 Å². The van der Waals surface area contributed by atoms with E-state index in [-0.39, 0.29) is 30.0 Å². The van der Waals surface area contributed by atoms with E-state index in [9.17, 15) is 14.4 Å². The molecule has 3 rings (SSSR count). The molecule has 0 spiro atoms. The molecular weight excluding hydrogens is 498 g/mol. The Bertz CT molecular complexity index is 1000. The van der Waals surface area contributed by atoms with Crippen molar-refractivity contribution >= 4 is 40.7 Å². The van der Waals surface area contributed by atoms with E-state index in [0.29, 0.717) is 24.5 Å². The van der Waals surface area contributed by atoms with Gasteiger partial charge in [-0.25, -0.2) is 0 Å². The van der Waals surface area contributed by atoms with Crippen LogP contribution in [0, 0.1) is 5.92 Å². The Hall–Kier alpha value is -2.24. The maximum absolute atomic E-state index is 13.6. The zero-order chi connectivity index (χ0) is 26.1. The van der Waals surface area contributed by atoms with Crippen molar-refractivity contribution in [3.05, 3.63) is 28.3 Å². The van der Waals surface area contributed by atoms with Gasteiger partial charge in [0.15, 0.2) is 0 Å². The Kier molecular flexibility index (Phi) is 10.5. The number of hydrogen-bond donors (Lipinski definition) is 2. The minimum atomic E-state index is -1.02. The fraction of sp³-hybridized carbons (Fsp3) is 0.640. The van der Waals surface area contributed by atoms with Crippen LogP contribution in [0.1, 0.15) is 67.9 Å². The maximum Gasteiger partial charge on any atom is 0.286 e. The zero-order valence-corrected chi connectivity index (χ0v) is 23.2. The lowest BCUT2D eigenvalue weighted by molar-refractivity contribution is -0.135. The highest BCUT2D eigenvalue weighted by atomic mass is 32.2. The molecule has 0 aliphatic heterocycles. The van der Waals surface area contributed by atoms with Crippen LogP contribution < -0.4 is 10.6 Å². The van der Waals surface area contributed by atoms with Crippen molar-refractivity contribution in [2.24, 2.45) is 5.92 Å². The molecule has 2 heterocycles. The van der Waals surface area contributed by atoms with Crippen LogP contribution >= 0.6 is 23.1 Å². The molecule has 1 aliphatic rings. The number of carbonyl (C=O) groups excluding carboxylic acids is 3.